The number of hydrazone groups is 1. The molecular weight excluding hydrogens is 238 g/mol. The van der Waals surface area contributed by atoms with Gasteiger partial charge < -0.3 is 5.11 Å². The molecule has 1 N–H and O–H groups in total. The van der Waals surface area contributed by atoms with Gasteiger partial charge >= 0.3 is 0 Å². The van der Waals surface area contributed by atoms with E-state index in [1.165, 1.54) is 0 Å². The SMILES string of the molecule is C=NN1C=C(CN2CCC(O)CC2)C=C(Cl)C1. The second kappa shape index (κ2) is 5.67. The zero-order valence-corrected chi connectivity index (χ0v) is 10.6. The first kappa shape index (κ1) is 12.6. The summed E-state index contributed by atoms with van der Waals surface area (Å²) in [5, 5.41) is 15.9. The van der Waals surface area contributed by atoms with Gasteiger partial charge in [-0.1, -0.05) is 11.6 Å². The lowest BCUT2D eigenvalue weighted by Crippen LogP contribution is -2.37. The average molecular weight is 256 g/mol. The third kappa shape index (κ3) is 3.56. The summed E-state index contributed by atoms with van der Waals surface area (Å²) in [6, 6.07) is 0. The molecule has 1 fully saturated rings. The lowest BCUT2D eigenvalue weighted by atomic mass is 10.1. The van der Waals surface area contributed by atoms with E-state index in [1.807, 2.05) is 12.3 Å². The van der Waals surface area contributed by atoms with Crippen LogP contribution in [-0.4, -0.2) is 54.0 Å². The summed E-state index contributed by atoms with van der Waals surface area (Å²) in [4.78, 5) is 2.33. The van der Waals surface area contributed by atoms with E-state index in [2.05, 4.69) is 16.7 Å². The number of halogens is 1. The highest BCUT2D eigenvalue weighted by molar-refractivity contribution is 6.30. The molecule has 0 aromatic rings. The van der Waals surface area contributed by atoms with Crippen LogP contribution in [0.3, 0.4) is 0 Å². The summed E-state index contributed by atoms with van der Waals surface area (Å²) in [6.07, 6.45) is 5.55. The van der Waals surface area contributed by atoms with E-state index in [9.17, 15) is 5.11 Å². The first-order valence-electron chi connectivity index (χ1n) is 5.88. The van der Waals surface area contributed by atoms with Crippen LogP contribution in [0.1, 0.15) is 12.8 Å². The van der Waals surface area contributed by atoms with Crippen molar-refractivity contribution in [3.8, 4) is 0 Å². The lowest BCUT2D eigenvalue weighted by molar-refractivity contribution is 0.0870. The Hall–Kier alpha value is -0.840. The predicted molar refractivity (Wildman–Crippen MR) is 70.0 cm³/mol. The molecule has 0 aromatic heterocycles. The van der Waals surface area contributed by atoms with E-state index in [1.54, 1.807) is 5.01 Å². The third-order valence-electron chi connectivity index (χ3n) is 3.11. The molecule has 0 amide bonds. The molecule has 0 aromatic carbocycles. The van der Waals surface area contributed by atoms with Crippen LogP contribution in [-0.2, 0) is 0 Å². The number of aliphatic hydroxyl groups excluding tert-OH is 1. The van der Waals surface area contributed by atoms with E-state index in [-0.39, 0.29) is 6.10 Å². The highest BCUT2D eigenvalue weighted by atomic mass is 35.5. The molecule has 0 bridgehead atoms. The van der Waals surface area contributed by atoms with Crippen molar-refractivity contribution in [1.82, 2.24) is 9.91 Å². The molecular formula is C12H18ClN3O. The van der Waals surface area contributed by atoms with E-state index >= 15 is 0 Å². The zero-order chi connectivity index (χ0) is 12.3. The minimum Gasteiger partial charge on any atom is -0.393 e. The molecule has 2 aliphatic heterocycles. The smallest absolute Gasteiger partial charge is 0.0765 e. The monoisotopic (exact) mass is 255 g/mol. The van der Waals surface area contributed by atoms with Gasteiger partial charge in [0.25, 0.3) is 0 Å². The van der Waals surface area contributed by atoms with E-state index in [4.69, 9.17) is 11.6 Å². The van der Waals surface area contributed by atoms with Crippen LogP contribution in [0.25, 0.3) is 0 Å². The number of hydrogen-bond donors (Lipinski definition) is 1. The summed E-state index contributed by atoms with van der Waals surface area (Å²) in [5.41, 5.74) is 1.14. The summed E-state index contributed by atoms with van der Waals surface area (Å²) >= 11 is 6.06. The van der Waals surface area contributed by atoms with Crippen LogP contribution in [0.15, 0.2) is 28.0 Å². The van der Waals surface area contributed by atoms with Crippen molar-refractivity contribution in [3.05, 3.63) is 22.9 Å². The maximum Gasteiger partial charge on any atom is 0.0765 e. The predicted octanol–water partition coefficient (Wildman–Crippen LogP) is 1.38. The summed E-state index contributed by atoms with van der Waals surface area (Å²) in [6.45, 7) is 6.84. The molecule has 0 aliphatic carbocycles. The Morgan fingerprint density at radius 2 is 2.18 bits per heavy atom. The molecule has 0 saturated carbocycles. The largest absolute Gasteiger partial charge is 0.393 e. The van der Waals surface area contributed by atoms with E-state index in [0.717, 1.165) is 43.1 Å². The van der Waals surface area contributed by atoms with E-state index < -0.39 is 0 Å². The van der Waals surface area contributed by atoms with Gasteiger partial charge in [-0.15, -0.1) is 0 Å². The maximum atomic E-state index is 9.45. The average Bonchev–Trinajstić information content (AvgIpc) is 2.31. The Kier molecular flexibility index (Phi) is 4.20. The van der Waals surface area contributed by atoms with Gasteiger partial charge in [-0.2, -0.15) is 5.10 Å². The van der Waals surface area contributed by atoms with Crippen molar-refractivity contribution in [2.75, 3.05) is 26.2 Å². The molecule has 0 radical (unpaired) electrons. The molecule has 17 heavy (non-hydrogen) atoms. The Morgan fingerprint density at radius 3 is 2.82 bits per heavy atom. The van der Waals surface area contributed by atoms with Gasteiger partial charge in [0, 0.05) is 37.6 Å². The van der Waals surface area contributed by atoms with Crippen LogP contribution >= 0.6 is 11.6 Å². The minimum atomic E-state index is -0.128. The highest BCUT2D eigenvalue weighted by Gasteiger charge is 2.18. The molecule has 94 valence electrons. The number of hydrogen-bond acceptors (Lipinski definition) is 4. The minimum absolute atomic E-state index is 0.128. The van der Waals surface area contributed by atoms with Crippen molar-refractivity contribution in [2.24, 2.45) is 5.10 Å². The van der Waals surface area contributed by atoms with Crippen molar-refractivity contribution in [2.45, 2.75) is 18.9 Å². The fraction of sp³-hybridized carbons (Fsp3) is 0.583. The topological polar surface area (TPSA) is 39.1 Å². The lowest BCUT2D eigenvalue weighted by Gasteiger charge is -2.31. The maximum absolute atomic E-state index is 9.45. The molecule has 2 rings (SSSR count). The van der Waals surface area contributed by atoms with Crippen LogP contribution in [0.2, 0.25) is 0 Å². The van der Waals surface area contributed by atoms with E-state index in [0.29, 0.717) is 6.54 Å². The van der Waals surface area contributed by atoms with Crippen LogP contribution < -0.4 is 0 Å². The fourth-order valence-electron chi connectivity index (χ4n) is 2.19. The van der Waals surface area contributed by atoms with Gasteiger partial charge in [0.2, 0.25) is 0 Å². The number of rotatable bonds is 3. The molecule has 4 nitrogen and oxygen atoms in total. The van der Waals surface area contributed by atoms with Crippen LogP contribution in [0.4, 0.5) is 0 Å². The quantitative estimate of drug-likeness (QED) is 0.775. The van der Waals surface area contributed by atoms with Gasteiger partial charge in [0.1, 0.15) is 0 Å². The summed E-state index contributed by atoms with van der Waals surface area (Å²) in [7, 11) is 0. The zero-order valence-electron chi connectivity index (χ0n) is 9.85. The molecule has 1 saturated heterocycles. The van der Waals surface area contributed by atoms with Gasteiger partial charge in [-0.25, -0.2) is 0 Å². The van der Waals surface area contributed by atoms with Crippen LogP contribution in [0.5, 0.6) is 0 Å². The molecule has 0 atom stereocenters. The Morgan fingerprint density at radius 1 is 1.47 bits per heavy atom. The Balaban J connectivity index is 1.93. The molecule has 0 unspecified atom stereocenters. The van der Waals surface area contributed by atoms with Crippen molar-refractivity contribution in [1.29, 1.82) is 0 Å². The number of nitrogens with zero attached hydrogens (tertiary/aromatic N) is 3. The molecule has 2 aliphatic rings. The first-order valence-corrected chi connectivity index (χ1v) is 6.25. The molecule has 5 heteroatoms. The Labute approximate surface area is 107 Å². The second-order valence-electron chi connectivity index (χ2n) is 4.54. The van der Waals surface area contributed by atoms with Crippen molar-refractivity contribution in [3.63, 3.8) is 0 Å². The van der Waals surface area contributed by atoms with Crippen molar-refractivity contribution < 1.29 is 5.11 Å². The Bertz CT molecular complexity index is 346. The standard InChI is InChI=1S/C12H18ClN3O/c1-14-16-8-10(6-11(13)9-16)7-15-4-2-12(17)3-5-15/h6,8,12,17H,1-5,7,9H2. The van der Waals surface area contributed by atoms with Crippen LogP contribution in [0, 0.1) is 0 Å². The number of piperidine rings is 1. The highest BCUT2D eigenvalue weighted by Crippen LogP contribution is 2.19. The van der Waals surface area contributed by atoms with Gasteiger partial charge in [-0.3, -0.25) is 9.91 Å². The number of likely N-dealkylation sites (tertiary alicyclic amines) is 1. The number of aliphatic hydroxyl groups is 1. The third-order valence-corrected chi connectivity index (χ3v) is 3.34. The summed E-state index contributed by atoms with van der Waals surface area (Å²) < 4.78 is 0. The molecule has 2 heterocycles. The fourth-order valence-corrected chi connectivity index (χ4v) is 2.45. The first-order chi connectivity index (χ1) is 8.17. The second-order valence-corrected chi connectivity index (χ2v) is 5.03. The van der Waals surface area contributed by atoms with Gasteiger partial charge in [0.05, 0.1) is 12.6 Å². The molecule has 0 spiro atoms. The van der Waals surface area contributed by atoms with Gasteiger partial charge in [-0.05, 0) is 24.5 Å². The normalized spacial score (nSPS) is 23.3. The summed E-state index contributed by atoms with van der Waals surface area (Å²) in [5.74, 6) is 0. The van der Waals surface area contributed by atoms with Gasteiger partial charge in [0.15, 0.2) is 0 Å². The van der Waals surface area contributed by atoms with Crippen molar-refractivity contribution >= 4 is 18.3 Å².